The highest BCUT2D eigenvalue weighted by Crippen LogP contribution is 2.24. The maximum absolute atomic E-state index is 12.7. The highest BCUT2D eigenvalue weighted by molar-refractivity contribution is 5.90. The molecule has 0 heterocycles. The minimum atomic E-state index is -0.458. The molecule has 0 atom stereocenters. The third-order valence-electron chi connectivity index (χ3n) is 6.74. The van der Waals surface area contributed by atoms with Crippen LogP contribution in [0.4, 0.5) is 0 Å². The fourth-order valence-corrected chi connectivity index (χ4v) is 4.52. The van der Waals surface area contributed by atoms with Crippen molar-refractivity contribution in [3.05, 3.63) is 89.5 Å². The van der Waals surface area contributed by atoms with Gasteiger partial charge in [-0.15, -0.1) is 0 Å². The van der Waals surface area contributed by atoms with E-state index in [1.54, 1.807) is 32.0 Å². The highest BCUT2D eigenvalue weighted by Gasteiger charge is 2.15. The number of unbranched alkanes of at least 4 members (excludes halogenated alkanes) is 1. The fourth-order valence-electron chi connectivity index (χ4n) is 4.52. The van der Waals surface area contributed by atoms with E-state index in [1.807, 2.05) is 48.5 Å². The molecule has 45 heavy (non-hydrogen) atoms. The van der Waals surface area contributed by atoms with Gasteiger partial charge in [-0.3, -0.25) is 9.59 Å². The largest absolute Gasteiger partial charge is 0.494 e. The summed E-state index contributed by atoms with van der Waals surface area (Å²) in [5.74, 6) is 1.29. The third-order valence-corrected chi connectivity index (χ3v) is 6.74. The standard InChI is InChI=1S/C36H45NO8/c1-3-41-35(39)19-12-22-37-34(38)27-30-26-29(36(40)42-4-2)20-21-33(30)45-25-13-15-28-14-8-9-18-32(28)44-24-11-10-23-43-31-16-6-5-7-17-31/h5-9,14,16-18,20-21,26H,3-4,10-13,15,19,22-25,27H2,1-2H3,(H,37,38). The van der Waals surface area contributed by atoms with Crippen LogP contribution in [-0.4, -0.2) is 57.4 Å². The summed E-state index contributed by atoms with van der Waals surface area (Å²) >= 11 is 0. The summed E-state index contributed by atoms with van der Waals surface area (Å²) in [6.07, 6.45) is 3.99. The van der Waals surface area contributed by atoms with Crippen LogP contribution < -0.4 is 19.5 Å². The summed E-state index contributed by atoms with van der Waals surface area (Å²) in [7, 11) is 0. The second-order valence-corrected chi connectivity index (χ2v) is 10.3. The molecule has 0 aromatic heterocycles. The maximum Gasteiger partial charge on any atom is 0.338 e. The zero-order chi connectivity index (χ0) is 32.1. The van der Waals surface area contributed by atoms with Gasteiger partial charge in [0.2, 0.25) is 5.91 Å². The van der Waals surface area contributed by atoms with E-state index in [0.717, 1.165) is 42.7 Å². The molecule has 0 radical (unpaired) electrons. The van der Waals surface area contributed by atoms with Gasteiger partial charge in [-0.25, -0.2) is 4.79 Å². The second-order valence-electron chi connectivity index (χ2n) is 10.3. The normalized spacial score (nSPS) is 10.5. The van der Waals surface area contributed by atoms with Gasteiger partial charge in [-0.1, -0.05) is 36.4 Å². The van der Waals surface area contributed by atoms with Gasteiger partial charge in [0.25, 0.3) is 0 Å². The van der Waals surface area contributed by atoms with Crippen LogP contribution in [0.2, 0.25) is 0 Å². The van der Waals surface area contributed by atoms with Crippen LogP contribution in [0.1, 0.15) is 67.4 Å². The smallest absolute Gasteiger partial charge is 0.338 e. The monoisotopic (exact) mass is 619 g/mol. The molecule has 0 spiro atoms. The van der Waals surface area contributed by atoms with Gasteiger partial charge in [0.15, 0.2) is 0 Å². The number of para-hydroxylation sites is 2. The number of nitrogens with one attached hydrogen (secondary N) is 1. The van der Waals surface area contributed by atoms with E-state index in [0.29, 0.717) is 56.3 Å². The molecule has 0 aliphatic rings. The van der Waals surface area contributed by atoms with Crippen LogP contribution in [0.15, 0.2) is 72.8 Å². The Bertz CT molecular complexity index is 1330. The molecule has 242 valence electrons. The topological polar surface area (TPSA) is 109 Å². The fraction of sp³-hybridized carbons (Fsp3) is 0.417. The molecule has 3 aromatic rings. The van der Waals surface area contributed by atoms with Gasteiger partial charge in [0.1, 0.15) is 17.2 Å². The summed E-state index contributed by atoms with van der Waals surface area (Å²) in [5, 5.41) is 2.82. The zero-order valence-corrected chi connectivity index (χ0v) is 26.4. The molecule has 3 aromatic carbocycles. The summed E-state index contributed by atoms with van der Waals surface area (Å²) in [5.41, 5.74) is 2.04. The molecule has 0 unspecified atom stereocenters. The first-order chi connectivity index (χ1) is 22.0. The number of amides is 1. The highest BCUT2D eigenvalue weighted by atomic mass is 16.5. The minimum absolute atomic E-state index is 0.0229. The first kappa shape index (κ1) is 35.0. The number of rotatable bonds is 21. The van der Waals surface area contributed by atoms with Gasteiger partial charge >= 0.3 is 11.9 Å². The van der Waals surface area contributed by atoms with Crippen LogP contribution in [0.25, 0.3) is 0 Å². The number of carbonyl (C=O) groups is 3. The SMILES string of the molecule is CCOC(=O)CCCNC(=O)Cc1cc(C(=O)OCC)ccc1OCCCc1ccccc1OCCCCOc1ccccc1. The molecule has 1 amide bonds. The molecular weight excluding hydrogens is 574 g/mol. The van der Waals surface area contributed by atoms with E-state index in [9.17, 15) is 14.4 Å². The van der Waals surface area contributed by atoms with Gasteiger partial charge in [-0.2, -0.15) is 0 Å². The van der Waals surface area contributed by atoms with Crippen molar-refractivity contribution in [2.75, 3.05) is 39.6 Å². The number of benzene rings is 3. The lowest BCUT2D eigenvalue weighted by atomic mass is 10.1. The average molecular weight is 620 g/mol. The molecule has 9 nitrogen and oxygen atoms in total. The van der Waals surface area contributed by atoms with Crippen LogP contribution in [0.3, 0.4) is 0 Å². The van der Waals surface area contributed by atoms with Gasteiger partial charge in [0, 0.05) is 18.5 Å². The Kier molecular flexibility index (Phi) is 15.9. The van der Waals surface area contributed by atoms with Crippen molar-refractivity contribution in [3.63, 3.8) is 0 Å². The molecule has 3 rings (SSSR count). The van der Waals surface area contributed by atoms with Crippen molar-refractivity contribution in [2.24, 2.45) is 0 Å². The van der Waals surface area contributed by atoms with Crippen molar-refractivity contribution >= 4 is 17.8 Å². The maximum atomic E-state index is 12.7. The quantitative estimate of drug-likeness (QED) is 0.112. The average Bonchev–Trinajstić information content (AvgIpc) is 3.05. The first-order valence-corrected chi connectivity index (χ1v) is 15.7. The second kappa shape index (κ2) is 20.4. The lowest BCUT2D eigenvalue weighted by Crippen LogP contribution is -2.27. The van der Waals surface area contributed by atoms with E-state index in [2.05, 4.69) is 11.4 Å². The lowest BCUT2D eigenvalue weighted by molar-refractivity contribution is -0.143. The van der Waals surface area contributed by atoms with Crippen molar-refractivity contribution < 1.29 is 38.1 Å². The van der Waals surface area contributed by atoms with Crippen molar-refractivity contribution in [1.29, 1.82) is 0 Å². The third kappa shape index (κ3) is 13.3. The van der Waals surface area contributed by atoms with Crippen molar-refractivity contribution in [2.45, 2.75) is 58.8 Å². The van der Waals surface area contributed by atoms with Crippen LogP contribution in [0, 0.1) is 0 Å². The summed E-state index contributed by atoms with van der Waals surface area (Å²) in [6, 6.07) is 22.8. The van der Waals surface area contributed by atoms with Crippen LogP contribution >= 0.6 is 0 Å². The van der Waals surface area contributed by atoms with Gasteiger partial charge < -0.3 is 29.0 Å². The van der Waals surface area contributed by atoms with Gasteiger partial charge in [-0.05, 0) is 87.9 Å². The Hall–Kier alpha value is -4.53. The first-order valence-electron chi connectivity index (χ1n) is 15.7. The van der Waals surface area contributed by atoms with E-state index in [4.69, 9.17) is 23.7 Å². The molecule has 1 N–H and O–H groups in total. The Morgan fingerprint density at radius 2 is 1.33 bits per heavy atom. The Morgan fingerprint density at radius 1 is 0.667 bits per heavy atom. The Labute approximate surface area is 266 Å². The molecule has 0 fully saturated rings. The molecular formula is C36H45NO8. The van der Waals surface area contributed by atoms with E-state index in [1.165, 1.54) is 0 Å². The van der Waals surface area contributed by atoms with E-state index >= 15 is 0 Å². The molecule has 0 bridgehead atoms. The van der Waals surface area contributed by atoms with Crippen LogP contribution in [0.5, 0.6) is 17.2 Å². The number of esters is 2. The van der Waals surface area contributed by atoms with Crippen molar-refractivity contribution in [1.82, 2.24) is 5.32 Å². The summed E-state index contributed by atoms with van der Waals surface area (Å²) < 4.78 is 28.0. The molecule has 0 aliphatic carbocycles. The number of ether oxygens (including phenoxy) is 5. The van der Waals surface area contributed by atoms with Crippen LogP contribution in [-0.2, 0) is 31.9 Å². The summed E-state index contributed by atoms with van der Waals surface area (Å²) in [4.78, 5) is 36.5. The predicted octanol–water partition coefficient (Wildman–Crippen LogP) is 6.11. The van der Waals surface area contributed by atoms with Crippen molar-refractivity contribution in [3.8, 4) is 17.2 Å². The van der Waals surface area contributed by atoms with E-state index < -0.39 is 5.97 Å². The molecule has 0 saturated carbocycles. The Morgan fingerprint density at radius 3 is 2.09 bits per heavy atom. The summed E-state index contributed by atoms with van der Waals surface area (Å²) in [6.45, 7) is 6.08. The predicted molar refractivity (Wildman–Crippen MR) is 172 cm³/mol. The molecule has 0 aliphatic heterocycles. The lowest BCUT2D eigenvalue weighted by Gasteiger charge is -2.14. The Balaban J connectivity index is 1.47. The number of hydrogen-bond acceptors (Lipinski definition) is 8. The minimum Gasteiger partial charge on any atom is -0.494 e. The van der Waals surface area contributed by atoms with E-state index in [-0.39, 0.29) is 31.3 Å². The molecule has 9 heteroatoms. The zero-order valence-electron chi connectivity index (χ0n) is 26.4. The van der Waals surface area contributed by atoms with Gasteiger partial charge in [0.05, 0.1) is 45.0 Å². The molecule has 0 saturated heterocycles. The number of carbonyl (C=O) groups excluding carboxylic acids is 3. The number of hydrogen-bond donors (Lipinski definition) is 1. The number of aryl methyl sites for hydroxylation is 1.